The van der Waals surface area contributed by atoms with Crippen molar-refractivity contribution in [3.05, 3.63) is 70.8 Å². The van der Waals surface area contributed by atoms with Gasteiger partial charge in [-0.25, -0.2) is 0 Å². The molecule has 0 aromatic heterocycles. The Bertz CT molecular complexity index is 867. The zero-order chi connectivity index (χ0) is 23.0. The number of alkyl halides is 6. The monoisotopic (exact) mass is 447 g/mol. The van der Waals surface area contributed by atoms with Crippen molar-refractivity contribution in [2.24, 2.45) is 11.7 Å². The van der Waals surface area contributed by atoms with Crippen molar-refractivity contribution in [1.29, 1.82) is 0 Å². The van der Waals surface area contributed by atoms with Crippen LogP contribution in [-0.2, 0) is 27.2 Å². The van der Waals surface area contributed by atoms with Crippen molar-refractivity contribution in [3.8, 4) is 0 Å². The van der Waals surface area contributed by atoms with Gasteiger partial charge in [-0.15, -0.1) is 0 Å². The number of hydrogen-bond donors (Lipinski definition) is 1. The zero-order valence-corrected chi connectivity index (χ0v) is 16.9. The quantitative estimate of drug-likeness (QED) is 0.599. The summed E-state index contributed by atoms with van der Waals surface area (Å²) >= 11 is 0. The third-order valence-corrected chi connectivity index (χ3v) is 5.87. The molecule has 1 aliphatic rings. The second kappa shape index (κ2) is 8.44. The average molecular weight is 447 g/mol. The zero-order valence-electron chi connectivity index (χ0n) is 16.9. The molecule has 3 nitrogen and oxygen atoms in total. The highest BCUT2D eigenvalue weighted by Gasteiger charge is 2.50. The van der Waals surface area contributed by atoms with E-state index in [1.807, 2.05) is 37.3 Å². The molecule has 1 fully saturated rings. The molecule has 170 valence electrons. The van der Waals surface area contributed by atoms with Gasteiger partial charge in [-0.05, 0) is 42.8 Å². The fraction of sp³-hybridized carbons (Fsp3) is 0.455. The Hall–Kier alpha value is -2.10. The van der Waals surface area contributed by atoms with Crippen LogP contribution < -0.4 is 5.73 Å². The maximum Gasteiger partial charge on any atom is 0.416 e. The summed E-state index contributed by atoms with van der Waals surface area (Å²) in [6, 6.07) is 10.7. The van der Waals surface area contributed by atoms with Crippen molar-refractivity contribution >= 4 is 0 Å². The van der Waals surface area contributed by atoms with E-state index in [1.54, 1.807) is 0 Å². The van der Waals surface area contributed by atoms with Gasteiger partial charge >= 0.3 is 12.4 Å². The predicted molar refractivity (Wildman–Crippen MR) is 102 cm³/mol. The smallest absolute Gasteiger partial charge is 0.351 e. The van der Waals surface area contributed by atoms with Gasteiger partial charge < -0.3 is 15.2 Å². The summed E-state index contributed by atoms with van der Waals surface area (Å²) in [5.74, 6) is -0.139. The highest BCUT2D eigenvalue weighted by molar-refractivity contribution is 5.35. The average Bonchev–Trinajstić information content (AvgIpc) is 3.03. The van der Waals surface area contributed by atoms with Crippen molar-refractivity contribution < 1.29 is 35.8 Å². The van der Waals surface area contributed by atoms with E-state index >= 15 is 0 Å². The largest absolute Gasteiger partial charge is 0.416 e. The van der Waals surface area contributed by atoms with Gasteiger partial charge in [0.05, 0.1) is 23.8 Å². The maximum atomic E-state index is 13.2. The normalized spacial score (nSPS) is 25.6. The van der Waals surface area contributed by atoms with Crippen LogP contribution in [0.5, 0.6) is 0 Å². The number of rotatable bonds is 5. The van der Waals surface area contributed by atoms with Crippen LogP contribution in [0.25, 0.3) is 0 Å². The summed E-state index contributed by atoms with van der Waals surface area (Å²) < 4.78 is 90.9. The summed E-state index contributed by atoms with van der Waals surface area (Å²) in [6.45, 7) is 3.81. The molecule has 0 aliphatic carbocycles. The third kappa shape index (κ3) is 4.73. The second-order valence-corrected chi connectivity index (χ2v) is 7.86. The van der Waals surface area contributed by atoms with E-state index < -0.39 is 41.3 Å². The predicted octanol–water partition coefficient (Wildman–Crippen LogP) is 5.69. The van der Waals surface area contributed by atoms with Crippen LogP contribution in [0, 0.1) is 5.92 Å². The van der Waals surface area contributed by atoms with E-state index in [0.717, 1.165) is 5.56 Å². The Kier molecular flexibility index (Phi) is 6.42. The fourth-order valence-corrected chi connectivity index (χ4v) is 3.88. The van der Waals surface area contributed by atoms with Crippen LogP contribution in [0.15, 0.2) is 48.5 Å². The van der Waals surface area contributed by atoms with E-state index in [1.165, 1.54) is 6.92 Å². The SMILES string of the molecule is C[C@@H](O[C@H]1OC[C@H](CN)[C@]1(C)c1ccccc1)c1cc(C(F)(F)F)cc(C(F)(F)F)c1. The van der Waals surface area contributed by atoms with Gasteiger partial charge in [-0.1, -0.05) is 37.3 Å². The van der Waals surface area contributed by atoms with E-state index in [2.05, 4.69) is 0 Å². The molecular formula is C22H23F6NO2. The Balaban J connectivity index is 1.96. The Morgan fingerprint density at radius 2 is 1.58 bits per heavy atom. The first-order valence-electron chi connectivity index (χ1n) is 9.69. The fourth-order valence-electron chi connectivity index (χ4n) is 3.88. The van der Waals surface area contributed by atoms with Gasteiger partial charge in [0.25, 0.3) is 0 Å². The first kappa shape index (κ1) is 23.6. The molecule has 0 radical (unpaired) electrons. The molecule has 3 rings (SSSR count). The molecule has 0 amide bonds. The number of ether oxygens (including phenoxy) is 2. The van der Waals surface area contributed by atoms with Gasteiger partial charge in [-0.3, -0.25) is 0 Å². The summed E-state index contributed by atoms with van der Waals surface area (Å²) in [7, 11) is 0. The first-order chi connectivity index (χ1) is 14.4. The highest BCUT2D eigenvalue weighted by Crippen LogP contribution is 2.45. The number of benzene rings is 2. The van der Waals surface area contributed by atoms with Crippen molar-refractivity contribution in [1.82, 2.24) is 0 Å². The Morgan fingerprint density at radius 3 is 2.06 bits per heavy atom. The number of nitrogens with two attached hydrogens (primary N) is 1. The van der Waals surface area contributed by atoms with Crippen LogP contribution in [-0.4, -0.2) is 19.4 Å². The van der Waals surface area contributed by atoms with E-state index in [4.69, 9.17) is 15.2 Å². The molecule has 0 unspecified atom stereocenters. The van der Waals surface area contributed by atoms with Crippen LogP contribution in [0.3, 0.4) is 0 Å². The minimum absolute atomic E-state index is 0.0980. The third-order valence-electron chi connectivity index (χ3n) is 5.87. The molecule has 1 aliphatic heterocycles. The van der Waals surface area contributed by atoms with Crippen LogP contribution in [0.1, 0.15) is 42.2 Å². The lowest BCUT2D eigenvalue weighted by atomic mass is 9.73. The topological polar surface area (TPSA) is 44.5 Å². The van der Waals surface area contributed by atoms with Crippen LogP contribution in [0.4, 0.5) is 26.3 Å². The summed E-state index contributed by atoms with van der Waals surface area (Å²) in [5.41, 5.74) is 3.03. The lowest BCUT2D eigenvalue weighted by molar-refractivity contribution is -0.166. The second-order valence-electron chi connectivity index (χ2n) is 7.86. The summed E-state index contributed by atoms with van der Waals surface area (Å²) in [4.78, 5) is 0. The minimum Gasteiger partial charge on any atom is -0.351 e. The molecule has 1 saturated heterocycles. The van der Waals surface area contributed by atoms with Gasteiger partial charge in [0, 0.05) is 11.3 Å². The minimum atomic E-state index is -4.93. The molecular weight excluding hydrogens is 424 g/mol. The molecule has 1 heterocycles. The van der Waals surface area contributed by atoms with Crippen molar-refractivity contribution in [3.63, 3.8) is 0 Å². The van der Waals surface area contributed by atoms with E-state index in [9.17, 15) is 26.3 Å². The van der Waals surface area contributed by atoms with E-state index in [0.29, 0.717) is 12.1 Å². The van der Waals surface area contributed by atoms with Gasteiger partial charge in [0.1, 0.15) is 0 Å². The standard InChI is InChI=1S/C22H23F6NO2/c1-13(14-8-16(21(23,24)25)10-17(9-14)22(26,27)28)31-19-20(2,18(11-29)12-30-19)15-6-4-3-5-7-15/h3-10,13,18-19H,11-12,29H2,1-2H3/t13-,18+,19-,20+/m1/s1. The summed E-state index contributed by atoms with van der Waals surface area (Å²) in [5, 5.41) is 0. The molecule has 4 atom stereocenters. The Morgan fingerprint density at radius 1 is 1.03 bits per heavy atom. The lowest BCUT2D eigenvalue weighted by Gasteiger charge is -2.36. The molecule has 31 heavy (non-hydrogen) atoms. The molecule has 0 spiro atoms. The van der Waals surface area contributed by atoms with Gasteiger partial charge in [-0.2, -0.15) is 26.3 Å². The molecule has 2 aromatic rings. The lowest BCUT2D eigenvalue weighted by Crippen LogP contribution is -2.42. The van der Waals surface area contributed by atoms with E-state index in [-0.39, 0.29) is 30.7 Å². The van der Waals surface area contributed by atoms with Gasteiger partial charge in [0.2, 0.25) is 0 Å². The first-order valence-corrected chi connectivity index (χ1v) is 9.69. The van der Waals surface area contributed by atoms with Crippen molar-refractivity contribution in [2.45, 2.75) is 44.0 Å². The number of halogens is 6. The Labute approximate surface area is 176 Å². The molecule has 2 aromatic carbocycles. The molecule has 0 bridgehead atoms. The van der Waals surface area contributed by atoms with Crippen LogP contribution in [0.2, 0.25) is 0 Å². The van der Waals surface area contributed by atoms with Crippen LogP contribution >= 0.6 is 0 Å². The molecule has 0 saturated carbocycles. The van der Waals surface area contributed by atoms with Gasteiger partial charge in [0.15, 0.2) is 6.29 Å². The molecule has 9 heteroatoms. The maximum absolute atomic E-state index is 13.2. The molecule has 2 N–H and O–H groups in total. The highest BCUT2D eigenvalue weighted by atomic mass is 19.4. The summed E-state index contributed by atoms with van der Waals surface area (Å²) in [6.07, 6.45) is -11.8. The number of hydrogen-bond acceptors (Lipinski definition) is 3. The van der Waals surface area contributed by atoms with Crippen molar-refractivity contribution in [2.75, 3.05) is 13.2 Å².